The van der Waals surface area contributed by atoms with Crippen molar-refractivity contribution in [1.82, 2.24) is 10.2 Å². The number of amidine groups is 1. The third-order valence-electron chi connectivity index (χ3n) is 4.40. The molecule has 3 aliphatic rings. The lowest BCUT2D eigenvalue weighted by atomic mass is 10.1. The number of hydrogen-bond donors (Lipinski definition) is 1. The molecule has 3 rings (SSSR count). The van der Waals surface area contributed by atoms with Crippen molar-refractivity contribution < 1.29 is 4.74 Å². The molecule has 3 unspecified atom stereocenters. The van der Waals surface area contributed by atoms with Crippen molar-refractivity contribution in [3.8, 4) is 0 Å². The van der Waals surface area contributed by atoms with Gasteiger partial charge in [-0.15, -0.1) is 0 Å². The standard InChI is InChI=1S/C15H27N3OS/c1-11(2)6-12-10-20-15(17-12)16-7-14-8-18-5-3-4-13(18)9-19-14/h11-14H,3-10H2,1-2H3,(H,16,17). The number of nitrogens with zero attached hydrogens (tertiary/aromatic N) is 2. The number of rotatable bonds is 4. The number of hydrogen-bond acceptors (Lipinski definition) is 4. The number of ether oxygens (including phenoxy) is 1. The van der Waals surface area contributed by atoms with Gasteiger partial charge in [0.2, 0.25) is 0 Å². The lowest BCUT2D eigenvalue weighted by Crippen LogP contribution is -2.47. The van der Waals surface area contributed by atoms with Crippen LogP contribution >= 0.6 is 11.8 Å². The summed E-state index contributed by atoms with van der Waals surface area (Å²) >= 11 is 1.87. The lowest BCUT2D eigenvalue weighted by molar-refractivity contribution is -0.0431. The summed E-state index contributed by atoms with van der Waals surface area (Å²) in [7, 11) is 0. The average molecular weight is 297 g/mol. The second-order valence-corrected chi connectivity index (χ2v) is 7.68. The van der Waals surface area contributed by atoms with E-state index in [1.54, 1.807) is 0 Å². The molecule has 114 valence electrons. The molecule has 0 aromatic carbocycles. The topological polar surface area (TPSA) is 36.9 Å². The SMILES string of the molecule is CC(C)CC1CSC(=NCC2CN3CCCC3CO2)N1. The second kappa shape index (κ2) is 6.67. The zero-order valence-electron chi connectivity index (χ0n) is 12.7. The van der Waals surface area contributed by atoms with Gasteiger partial charge in [-0.3, -0.25) is 9.89 Å². The van der Waals surface area contributed by atoms with Crippen molar-refractivity contribution in [1.29, 1.82) is 0 Å². The fourth-order valence-corrected chi connectivity index (χ4v) is 4.40. The van der Waals surface area contributed by atoms with Crippen molar-refractivity contribution in [2.24, 2.45) is 10.9 Å². The zero-order valence-corrected chi connectivity index (χ0v) is 13.5. The first-order chi connectivity index (χ1) is 9.70. The van der Waals surface area contributed by atoms with Crippen LogP contribution < -0.4 is 5.32 Å². The van der Waals surface area contributed by atoms with Crippen molar-refractivity contribution in [2.75, 3.05) is 32.0 Å². The van der Waals surface area contributed by atoms with Gasteiger partial charge in [0.15, 0.2) is 5.17 Å². The minimum atomic E-state index is 0.295. The predicted octanol–water partition coefficient (Wildman–Crippen LogP) is 1.96. The van der Waals surface area contributed by atoms with Crippen LogP contribution in [0.3, 0.4) is 0 Å². The van der Waals surface area contributed by atoms with Crippen LogP contribution in [-0.4, -0.2) is 60.2 Å². The first-order valence-electron chi connectivity index (χ1n) is 8.00. The lowest BCUT2D eigenvalue weighted by Gasteiger charge is -2.34. The van der Waals surface area contributed by atoms with Crippen molar-refractivity contribution >= 4 is 16.9 Å². The monoisotopic (exact) mass is 297 g/mol. The highest BCUT2D eigenvalue weighted by Crippen LogP contribution is 2.23. The molecule has 4 nitrogen and oxygen atoms in total. The second-order valence-electron chi connectivity index (χ2n) is 6.67. The molecule has 0 spiro atoms. The Labute approximate surface area is 126 Å². The number of thioether (sulfide) groups is 1. The van der Waals surface area contributed by atoms with E-state index in [1.807, 2.05) is 11.8 Å². The summed E-state index contributed by atoms with van der Waals surface area (Å²) in [5.74, 6) is 1.91. The first kappa shape index (κ1) is 14.7. The molecule has 20 heavy (non-hydrogen) atoms. The Kier molecular flexibility index (Phi) is 4.89. The quantitative estimate of drug-likeness (QED) is 0.860. The van der Waals surface area contributed by atoms with Gasteiger partial charge in [-0.1, -0.05) is 25.6 Å². The molecule has 0 aromatic heterocycles. The number of nitrogens with one attached hydrogen (secondary N) is 1. The van der Waals surface area contributed by atoms with Gasteiger partial charge in [-0.05, 0) is 31.7 Å². The van der Waals surface area contributed by atoms with E-state index in [2.05, 4.69) is 24.1 Å². The largest absolute Gasteiger partial charge is 0.373 e. The van der Waals surface area contributed by atoms with Gasteiger partial charge in [-0.2, -0.15) is 0 Å². The summed E-state index contributed by atoms with van der Waals surface area (Å²) in [5.41, 5.74) is 0. The van der Waals surface area contributed by atoms with Crippen molar-refractivity contribution in [3.63, 3.8) is 0 Å². The summed E-state index contributed by atoms with van der Waals surface area (Å²) < 4.78 is 5.96. The molecule has 0 aromatic rings. The average Bonchev–Trinajstić information content (AvgIpc) is 3.03. The van der Waals surface area contributed by atoms with E-state index in [-0.39, 0.29) is 0 Å². The van der Waals surface area contributed by atoms with Crippen LogP contribution in [0.4, 0.5) is 0 Å². The summed E-state index contributed by atoms with van der Waals surface area (Å²) in [5, 5.41) is 4.68. The maximum atomic E-state index is 5.96. The third kappa shape index (κ3) is 3.68. The molecule has 0 saturated carbocycles. The minimum absolute atomic E-state index is 0.295. The molecular weight excluding hydrogens is 270 g/mol. The summed E-state index contributed by atoms with van der Waals surface area (Å²) in [6.45, 7) is 8.61. The Morgan fingerprint density at radius 1 is 1.50 bits per heavy atom. The van der Waals surface area contributed by atoms with E-state index in [4.69, 9.17) is 9.73 Å². The summed E-state index contributed by atoms with van der Waals surface area (Å²) in [6, 6.07) is 1.29. The van der Waals surface area contributed by atoms with E-state index in [0.29, 0.717) is 18.2 Å². The van der Waals surface area contributed by atoms with E-state index >= 15 is 0 Å². The number of fused-ring (bicyclic) bond motifs is 1. The van der Waals surface area contributed by atoms with Gasteiger partial charge >= 0.3 is 0 Å². The highest BCUT2D eigenvalue weighted by atomic mass is 32.2. The van der Waals surface area contributed by atoms with Crippen molar-refractivity contribution in [3.05, 3.63) is 0 Å². The predicted molar refractivity (Wildman–Crippen MR) is 85.5 cm³/mol. The van der Waals surface area contributed by atoms with Gasteiger partial charge in [0.05, 0.1) is 19.3 Å². The van der Waals surface area contributed by atoms with Gasteiger partial charge in [0.25, 0.3) is 0 Å². The number of aliphatic imine (C=N–C) groups is 1. The van der Waals surface area contributed by atoms with Crippen LogP contribution in [-0.2, 0) is 4.74 Å². The first-order valence-corrected chi connectivity index (χ1v) is 8.98. The molecule has 3 aliphatic heterocycles. The van der Waals surface area contributed by atoms with Gasteiger partial charge < -0.3 is 10.1 Å². The Bertz CT molecular complexity index is 361. The van der Waals surface area contributed by atoms with Crippen LogP contribution in [0.15, 0.2) is 4.99 Å². The molecule has 5 heteroatoms. The molecule has 3 atom stereocenters. The van der Waals surface area contributed by atoms with Crippen molar-refractivity contribution in [2.45, 2.75) is 51.3 Å². The van der Waals surface area contributed by atoms with E-state index in [9.17, 15) is 0 Å². The smallest absolute Gasteiger partial charge is 0.156 e. The molecule has 3 fully saturated rings. The Morgan fingerprint density at radius 2 is 2.40 bits per heavy atom. The molecular formula is C15H27N3OS. The number of morpholine rings is 1. The Morgan fingerprint density at radius 3 is 3.25 bits per heavy atom. The zero-order chi connectivity index (χ0) is 13.9. The highest BCUT2D eigenvalue weighted by molar-refractivity contribution is 8.14. The van der Waals surface area contributed by atoms with Gasteiger partial charge in [0.1, 0.15) is 0 Å². The van der Waals surface area contributed by atoms with Crippen LogP contribution in [0.5, 0.6) is 0 Å². The van der Waals surface area contributed by atoms with Crippen LogP contribution in [0.25, 0.3) is 0 Å². The summed E-state index contributed by atoms with van der Waals surface area (Å²) in [4.78, 5) is 7.32. The molecule has 0 aliphatic carbocycles. The van der Waals surface area contributed by atoms with E-state index in [1.165, 1.54) is 25.8 Å². The normalized spacial score (nSPS) is 36.5. The third-order valence-corrected chi connectivity index (χ3v) is 5.49. The van der Waals surface area contributed by atoms with Gasteiger partial charge in [0, 0.05) is 24.4 Å². The fraction of sp³-hybridized carbons (Fsp3) is 0.933. The molecule has 3 heterocycles. The van der Waals surface area contributed by atoms with E-state index < -0.39 is 0 Å². The van der Waals surface area contributed by atoms with E-state index in [0.717, 1.165) is 36.5 Å². The molecule has 0 amide bonds. The highest BCUT2D eigenvalue weighted by Gasteiger charge is 2.32. The summed E-state index contributed by atoms with van der Waals surface area (Å²) in [6.07, 6.45) is 4.18. The Hall–Kier alpha value is -0.260. The molecule has 1 N–H and O–H groups in total. The molecule has 0 radical (unpaired) electrons. The Balaban J connectivity index is 1.44. The molecule has 0 bridgehead atoms. The maximum absolute atomic E-state index is 5.96. The van der Waals surface area contributed by atoms with Crippen LogP contribution in [0, 0.1) is 5.92 Å². The minimum Gasteiger partial charge on any atom is -0.373 e. The van der Waals surface area contributed by atoms with Gasteiger partial charge in [-0.25, -0.2) is 0 Å². The maximum Gasteiger partial charge on any atom is 0.156 e. The van der Waals surface area contributed by atoms with Crippen LogP contribution in [0.1, 0.15) is 33.1 Å². The molecule has 3 saturated heterocycles. The fourth-order valence-electron chi connectivity index (χ4n) is 3.41. The van der Waals surface area contributed by atoms with Crippen LogP contribution in [0.2, 0.25) is 0 Å².